The summed E-state index contributed by atoms with van der Waals surface area (Å²) in [5.74, 6) is -1.06. The van der Waals surface area contributed by atoms with Crippen molar-refractivity contribution < 1.29 is 14.7 Å². The minimum Gasteiger partial charge on any atom is -0.480 e. The Bertz CT molecular complexity index is 698. The maximum atomic E-state index is 12.2. The van der Waals surface area contributed by atoms with Crippen molar-refractivity contribution in [2.75, 3.05) is 6.54 Å². The molecule has 3 N–H and O–H groups in total. The number of carbonyl (C=O) groups is 2. The summed E-state index contributed by atoms with van der Waals surface area (Å²) in [6.07, 6.45) is 0.406. The number of hydrogen-bond acceptors (Lipinski definition) is 3. The molecule has 1 heterocycles. The van der Waals surface area contributed by atoms with E-state index in [0.29, 0.717) is 18.5 Å². The van der Waals surface area contributed by atoms with E-state index in [1.54, 1.807) is 12.1 Å². The van der Waals surface area contributed by atoms with E-state index < -0.39 is 12.0 Å². The van der Waals surface area contributed by atoms with Crippen molar-refractivity contribution in [3.8, 4) is 11.1 Å². The number of rotatable bonds is 4. The third-order valence-corrected chi connectivity index (χ3v) is 4.02. The predicted octanol–water partition coefficient (Wildman–Crippen LogP) is 1.90. The van der Waals surface area contributed by atoms with Crippen LogP contribution in [0.25, 0.3) is 11.1 Å². The Kier molecular flexibility index (Phi) is 4.39. The summed E-state index contributed by atoms with van der Waals surface area (Å²) in [6.45, 7) is 0.477. The monoisotopic (exact) mass is 310 g/mol. The fourth-order valence-electron chi connectivity index (χ4n) is 2.75. The molecule has 2 atom stereocenters. The predicted molar refractivity (Wildman–Crippen MR) is 87.2 cm³/mol. The van der Waals surface area contributed by atoms with E-state index in [1.165, 1.54) is 0 Å². The van der Waals surface area contributed by atoms with E-state index in [1.807, 2.05) is 42.5 Å². The number of carbonyl (C=O) groups excluding carboxylic acids is 1. The van der Waals surface area contributed by atoms with Crippen molar-refractivity contribution in [3.63, 3.8) is 0 Å². The Morgan fingerprint density at radius 2 is 1.65 bits per heavy atom. The number of aliphatic carboxylic acids is 1. The minimum atomic E-state index is -0.881. The second-order valence-corrected chi connectivity index (χ2v) is 5.65. The van der Waals surface area contributed by atoms with Gasteiger partial charge in [0.1, 0.15) is 6.04 Å². The molecule has 23 heavy (non-hydrogen) atoms. The third kappa shape index (κ3) is 3.57. The van der Waals surface area contributed by atoms with E-state index in [-0.39, 0.29) is 11.9 Å². The van der Waals surface area contributed by atoms with Crippen LogP contribution in [0.2, 0.25) is 0 Å². The van der Waals surface area contributed by atoms with Crippen LogP contribution in [0.5, 0.6) is 0 Å². The molecule has 0 bridgehead atoms. The first-order valence-corrected chi connectivity index (χ1v) is 7.56. The molecule has 1 saturated heterocycles. The Labute approximate surface area is 134 Å². The highest BCUT2D eigenvalue weighted by atomic mass is 16.4. The van der Waals surface area contributed by atoms with Gasteiger partial charge in [-0.2, -0.15) is 0 Å². The molecule has 0 unspecified atom stereocenters. The van der Waals surface area contributed by atoms with Crippen molar-refractivity contribution in [2.24, 2.45) is 0 Å². The zero-order valence-electron chi connectivity index (χ0n) is 12.5. The molecule has 5 heteroatoms. The van der Waals surface area contributed by atoms with Gasteiger partial charge in [0.2, 0.25) is 0 Å². The van der Waals surface area contributed by atoms with Crippen LogP contribution in [0.1, 0.15) is 16.8 Å². The molecule has 118 valence electrons. The zero-order valence-corrected chi connectivity index (χ0v) is 12.5. The standard InChI is InChI=1S/C18H18N2O3/c21-17(20-15-10-16(18(22)23)19-11-15)14-8-6-13(7-9-14)12-4-2-1-3-5-12/h1-9,15-16,19H,10-11H2,(H,20,21)(H,22,23)/t15-,16-/m0/s1. The number of hydrogen-bond donors (Lipinski definition) is 3. The van der Waals surface area contributed by atoms with E-state index in [0.717, 1.165) is 11.1 Å². The highest BCUT2D eigenvalue weighted by Crippen LogP contribution is 2.19. The average Bonchev–Trinajstić information content (AvgIpc) is 3.04. The van der Waals surface area contributed by atoms with Crippen LogP contribution in [0.15, 0.2) is 54.6 Å². The Balaban J connectivity index is 1.63. The summed E-state index contributed by atoms with van der Waals surface area (Å²) in [4.78, 5) is 23.1. The van der Waals surface area contributed by atoms with Gasteiger partial charge < -0.3 is 15.7 Å². The second-order valence-electron chi connectivity index (χ2n) is 5.65. The van der Waals surface area contributed by atoms with E-state index in [4.69, 9.17) is 5.11 Å². The van der Waals surface area contributed by atoms with Gasteiger partial charge in [-0.15, -0.1) is 0 Å². The summed E-state index contributed by atoms with van der Waals surface area (Å²) in [7, 11) is 0. The van der Waals surface area contributed by atoms with Gasteiger partial charge in [0.25, 0.3) is 5.91 Å². The molecule has 0 radical (unpaired) electrons. The topological polar surface area (TPSA) is 78.4 Å². The molecular weight excluding hydrogens is 292 g/mol. The average molecular weight is 310 g/mol. The Morgan fingerprint density at radius 1 is 1.00 bits per heavy atom. The molecule has 0 aliphatic carbocycles. The van der Waals surface area contributed by atoms with E-state index in [2.05, 4.69) is 10.6 Å². The molecule has 1 aliphatic rings. The van der Waals surface area contributed by atoms with Crippen LogP contribution in [0.4, 0.5) is 0 Å². The molecule has 1 aliphatic heterocycles. The molecule has 5 nitrogen and oxygen atoms in total. The first-order chi connectivity index (χ1) is 11.1. The number of benzene rings is 2. The Morgan fingerprint density at radius 3 is 2.26 bits per heavy atom. The molecular formula is C18H18N2O3. The number of carboxylic acids is 1. The van der Waals surface area contributed by atoms with Gasteiger partial charge in [-0.25, -0.2) is 0 Å². The molecule has 1 fully saturated rings. The quantitative estimate of drug-likeness (QED) is 0.806. The molecule has 0 spiro atoms. The van der Waals surface area contributed by atoms with Gasteiger partial charge in [0, 0.05) is 18.2 Å². The molecule has 3 rings (SSSR count). The normalized spacial score (nSPS) is 20.2. The van der Waals surface area contributed by atoms with Crippen LogP contribution in [0, 0.1) is 0 Å². The van der Waals surface area contributed by atoms with Crippen molar-refractivity contribution in [3.05, 3.63) is 60.2 Å². The minimum absolute atomic E-state index is 0.155. The largest absolute Gasteiger partial charge is 0.480 e. The second kappa shape index (κ2) is 6.62. The van der Waals surface area contributed by atoms with Crippen LogP contribution in [-0.4, -0.2) is 35.6 Å². The highest BCUT2D eigenvalue weighted by Gasteiger charge is 2.30. The zero-order chi connectivity index (χ0) is 16.2. The fraction of sp³-hybridized carbons (Fsp3) is 0.222. The number of carboxylic acid groups (broad SMARTS) is 1. The van der Waals surface area contributed by atoms with Gasteiger partial charge in [0.05, 0.1) is 0 Å². The third-order valence-electron chi connectivity index (χ3n) is 4.02. The smallest absolute Gasteiger partial charge is 0.320 e. The lowest BCUT2D eigenvalue weighted by Crippen LogP contribution is -2.36. The van der Waals surface area contributed by atoms with E-state index in [9.17, 15) is 9.59 Å². The van der Waals surface area contributed by atoms with Crippen molar-refractivity contribution >= 4 is 11.9 Å². The van der Waals surface area contributed by atoms with Gasteiger partial charge in [0.15, 0.2) is 0 Å². The fourth-order valence-corrected chi connectivity index (χ4v) is 2.75. The van der Waals surface area contributed by atoms with Gasteiger partial charge in [-0.1, -0.05) is 42.5 Å². The van der Waals surface area contributed by atoms with E-state index >= 15 is 0 Å². The lowest BCUT2D eigenvalue weighted by Gasteiger charge is -2.12. The maximum absolute atomic E-state index is 12.2. The lowest BCUT2D eigenvalue weighted by atomic mass is 10.0. The van der Waals surface area contributed by atoms with Crippen LogP contribution < -0.4 is 10.6 Å². The summed E-state index contributed by atoms with van der Waals surface area (Å²) in [5.41, 5.74) is 2.72. The Hall–Kier alpha value is -2.66. The first kappa shape index (κ1) is 15.2. The number of amides is 1. The summed E-state index contributed by atoms with van der Waals surface area (Å²) in [6, 6.07) is 16.6. The summed E-state index contributed by atoms with van der Waals surface area (Å²) >= 11 is 0. The summed E-state index contributed by atoms with van der Waals surface area (Å²) in [5, 5.41) is 14.7. The first-order valence-electron chi connectivity index (χ1n) is 7.56. The molecule has 2 aromatic rings. The van der Waals surface area contributed by atoms with Gasteiger partial charge in [-0.05, 0) is 29.7 Å². The molecule has 0 aromatic heterocycles. The van der Waals surface area contributed by atoms with Crippen LogP contribution in [0.3, 0.4) is 0 Å². The van der Waals surface area contributed by atoms with Gasteiger partial charge in [-0.3, -0.25) is 9.59 Å². The van der Waals surface area contributed by atoms with Gasteiger partial charge >= 0.3 is 5.97 Å². The van der Waals surface area contributed by atoms with Crippen molar-refractivity contribution in [1.82, 2.24) is 10.6 Å². The molecule has 1 amide bonds. The highest BCUT2D eigenvalue weighted by molar-refractivity contribution is 5.95. The lowest BCUT2D eigenvalue weighted by molar-refractivity contribution is -0.139. The summed E-state index contributed by atoms with van der Waals surface area (Å²) < 4.78 is 0. The number of nitrogens with one attached hydrogen (secondary N) is 2. The molecule has 0 saturated carbocycles. The van der Waals surface area contributed by atoms with Crippen LogP contribution in [-0.2, 0) is 4.79 Å². The SMILES string of the molecule is O=C(N[C@@H]1CN[C@H](C(=O)O)C1)c1ccc(-c2ccccc2)cc1. The maximum Gasteiger partial charge on any atom is 0.320 e. The van der Waals surface area contributed by atoms with Crippen molar-refractivity contribution in [2.45, 2.75) is 18.5 Å². The van der Waals surface area contributed by atoms with Crippen molar-refractivity contribution in [1.29, 1.82) is 0 Å². The molecule has 2 aromatic carbocycles. The van der Waals surface area contributed by atoms with Crippen LogP contribution >= 0.6 is 0 Å².